The van der Waals surface area contributed by atoms with Crippen molar-refractivity contribution in [1.82, 2.24) is 14.5 Å². The molecule has 1 aliphatic rings. The van der Waals surface area contributed by atoms with Gasteiger partial charge in [-0.2, -0.15) is 0 Å². The van der Waals surface area contributed by atoms with Gasteiger partial charge in [-0.25, -0.2) is 9.37 Å². The van der Waals surface area contributed by atoms with Crippen LogP contribution in [-0.2, 0) is 29.0 Å². The molecule has 0 spiro atoms. The zero-order valence-electron chi connectivity index (χ0n) is 19.1. The molecule has 9 heteroatoms. The minimum Gasteiger partial charge on any atom is -0.376 e. The van der Waals surface area contributed by atoms with Gasteiger partial charge < -0.3 is 9.64 Å². The fraction of sp³-hybridized carbons (Fsp3) is 0.458. The largest absolute Gasteiger partial charge is 0.376 e. The van der Waals surface area contributed by atoms with Gasteiger partial charge in [-0.3, -0.25) is 14.2 Å². The Balaban J connectivity index is 1.57. The van der Waals surface area contributed by atoms with Crippen molar-refractivity contribution in [3.8, 4) is 0 Å². The number of thioether (sulfide) groups is 1. The van der Waals surface area contributed by atoms with E-state index in [1.807, 2.05) is 6.92 Å². The molecule has 3 heterocycles. The molecule has 0 N–H and O–H groups in total. The van der Waals surface area contributed by atoms with Crippen LogP contribution >= 0.6 is 23.1 Å². The lowest BCUT2D eigenvalue weighted by atomic mass is 10.1. The number of fused-ring (bicyclic) bond motifs is 1. The summed E-state index contributed by atoms with van der Waals surface area (Å²) < 4.78 is 20.6. The zero-order chi connectivity index (χ0) is 23.5. The molecule has 0 bridgehead atoms. The smallest absolute Gasteiger partial charge is 0.263 e. The van der Waals surface area contributed by atoms with Gasteiger partial charge in [0.25, 0.3) is 5.56 Å². The quantitative estimate of drug-likeness (QED) is 0.347. The van der Waals surface area contributed by atoms with Crippen molar-refractivity contribution < 1.29 is 13.9 Å². The Bertz CT molecular complexity index is 1200. The summed E-state index contributed by atoms with van der Waals surface area (Å²) >= 11 is 2.81. The molecule has 176 valence electrons. The number of amides is 1. The van der Waals surface area contributed by atoms with E-state index in [2.05, 4.69) is 6.92 Å². The van der Waals surface area contributed by atoms with E-state index in [4.69, 9.17) is 9.72 Å². The number of carbonyl (C=O) groups excluding carboxylic acids is 1. The van der Waals surface area contributed by atoms with Crippen LogP contribution in [0.5, 0.6) is 0 Å². The van der Waals surface area contributed by atoms with E-state index in [1.165, 1.54) is 35.2 Å². The number of halogens is 1. The third-order valence-corrected chi connectivity index (χ3v) is 7.93. The first-order chi connectivity index (χ1) is 15.9. The molecule has 1 aromatic carbocycles. The van der Waals surface area contributed by atoms with Crippen LogP contribution in [0, 0.1) is 12.7 Å². The molecule has 4 rings (SSSR count). The minimum absolute atomic E-state index is 0.0111. The van der Waals surface area contributed by atoms with E-state index < -0.39 is 0 Å². The first-order valence-electron chi connectivity index (χ1n) is 11.1. The van der Waals surface area contributed by atoms with E-state index in [0.717, 1.165) is 40.1 Å². The normalized spacial score (nSPS) is 15.9. The van der Waals surface area contributed by atoms with Gasteiger partial charge in [-0.15, -0.1) is 11.3 Å². The number of aryl methyl sites for hydroxylation is 2. The summed E-state index contributed by atoms with van der Waals surface area (Å²) in [4.78, 5) is 34.6. The minimum atomic E-state index is -0.302. The number of thiophene rings is 1. The molecule has 1 atom stereocenters. The standard InChI is InChI=1S/C24H28FN3O3S2/c1-4-19-15(2)33-22-21(19)23(30)28(13-18-6-5-11-31-18)24(26-22)32-14-20(29)27(3)12-16-7-9-17(25)10-8-16/h7-10,18H,4-6,11-14H2,1-3H3. The summed E-state index contributed by atoms with van der Waals surface area (Å²) in [6, 6.07) is 6.12. The van der Waals surface area contributed by atoms with E-state index >= 15 is 0 Å². The van der Waals surface area contributed by atoms with Crippen LogP contribution in [0.1, 0.15) is 35.8 Å². The number of hydrogen-bond acceptors (Lipinski definition) is 6. The summed E-state index contributed by atoms with van der Waals surface area (Å²) in [6.45, 7) is 5.62. The van der Waals surface area contributed by atoms with Gasteiger partial charge in [-0.05, 0) is 49.4 Å². The molecule has 3 aromatic rings. The molecule has 1 aliphatic heterocycles. The molecule has 0 saturated carbocycles. The van der Waals surface area contributed by atoms with E-state index in [9.17, 15) is 14.0 Å². The lowest BCUT2D eigenvalue weighted by molar-refractivity contribution is -0.127. The molecule has 1 unspecified atom stereocenters. The van der Waals surface area contributed by atoms with Crippen molar-refractivity contribution in [2.75, 3.05) is 19.4 Å². The van der Waals surface area contributed by atoms with Gasteiger partial charge in [0.05, 0.1) is 23.8 Å². The number of nitrogens with zero attached hydrogens (tertiary/aromatic N) is 3. The lowest BCUT2D eigenvalue weighted by Crippen LogP contribution is -2.30. The summed E-state index contributed by atoms with van der Waals surface area (Å²) in [7, 11) is 1.72. The zero-order valence-corrected chi connectivity index (χ0v) is 20.7. The van der Waals surface area contributed by atoms with Crippen LogP contribution in [0.25, 0.3) is 10.2 Å². The Hall–Kier alpha value is -2.23. The molecular weight excluding hydrogens is 461 g/mol. The van der Waals surface area contributed by atoms with E-state index in [-0.39, 0.29) is 29.1 Å². The fourth-order valence-electron chi connectivity index (χ4n) is 4.11. The Morgan fingerprint density at radius 1 is 1.36 bits per heavy atom. The van der Waals surface area contributed by atoms with Crippen LogP contribution in [0.3, 0.4) is 0 Å². The molecule has 6 nitrogen and oxygen atoms in total. The molecule has 2 aromatic heterocycles. The SMILES string of the molecule is CCc1c(C)sc2nc(SCC(=O)N(C)Cc3ccc(F)cc3)n(CC3CCCO3)c(=O)c12. The highest BCUT2D eigenvalue weighted by molar-refractivity contribution is 7.99. The average Bonchev–Trinajstić information content (AvgIpc) is 3.42. The molecule has 1 fully saturated rings. The summed E-state index contributed by atoms with van der Waals surface area (Å²) in [5, 5.41) is 1.25. The van der Waals surface area contributed by atoms with Crippen molar-refractivity contribution >= 4 is 39.2 Å². The topological polar surface area (TPSA) is 64.4 Å². The number of aromatic nitrogens is 2. The maximum absolute atomic E-state index is 13.5. The third kappa shape index (κ3) is 5.31. The highest BCUT2D eigenvalue weighted by Crippen LogP contribution is 2.30. The highest BCUT2D eigenvalue weighted by Gasteiger charge is 2.23. The number of carbonyl (C=O) groups is 1. The Morgan fingerprint density at radius 2 is 2.12 bits per heavy atom. The molecule has 1 amide bonds. The monoisotopic (exact) mass is 489 g/mol. The molecule has 33 heavy (non-hydrogen) atoms. The van der Waals surface area contributed by atoms with E-state index in [1.54, 1.807) is 28.6 Å². The van der Waals surface area contributed by atoms with Crippen LogP contribution in [-0.4, -0.2) is 45.9 Å². The number of ether oxygens (including phenoxy) is 1. The maximum atomic E-state index is 13.5. The van der Waals surface area contributed by atoms with Crippen LogP contribution in [0.15, 0.2) is 34.2 Å². The van der Waals surface area contributed by atoms with Gasteiger partial charge in [0, 0.05) is 25.1 Å². The number of hydrogen-bond donors (Lipinski definition) is 0. The molecule has 0 aliphatic carbocycles. The summed E-state index contributed by atoms with van der Waals surface area (Å²) in [5.41, 5.74) is 1.86. The number of rotatable bonds is 8. The summed E-state index contributed by atoms with van der Waals surface area (Å²) in [5.74, 6) is -0.227. The third-order valence-electron chi connectivity index (χ3n) is 5.92. The van der Waals surface area contributed by atoms with Crippen LogP contribution in [0.4, 0.5) is 4.39 Å². The van der Waals surface area contributed by atoms with Gasteiger partial charge in [0.2, 0.25) is 5.91 Å². The Labute approximate surface area is 200 Å². The van der Waals surface area contributed by atoms with Crippen molar-refractivity contribution in [3.63, 3.8) is 0 Å². The second-order valence-electron chi connectivity index (χ2n) is 8.28. The molecular formula is C24H28FN3O3S2. The van der Waals surface area contributed by atoms with Gasteiger partial charge in [0.15, 0.2) is 5.16 Å². The second kappa shape index (κ2) is 10.4. The van der Waals surface area contributed by atoms with Gasteiger partial charge in [-0.1, -0.05) is 30.8 Å². The number of benzene rings is 1. The predicted octanol–water partition coefficient (Wildman–Crippen LogP) is 4.40. The van der Waals surface area contributed by atoms with Gasteiger partial charge in [0.1, 0.15) is 10.6 Å². The summed E-state index contributed by atoms with van der Waals surface area (Å²) in [6.07, 6.45) is 2.67. The maximum Gasteiger partial charge on any atom is 0.263 e. The predicted molar refractivity (Wildman–Crippen MR) is 131 cm³/mol. The first kappa shape index (κ1) is 23.9. The van der Waals surface area contributed by atoms with Crippen molar-refractivity contribution in [2.24, 2.45) is 0 Å². The highest BCUT2D eigenvalue weighted by atomic mass is 32.2. The Kier molecular flexibility index (Phi) is 7.51. The van der Waals surface area contributed by atoms with Gasteiger partial charge >= 0.3 is 0 Å². The molecule has 1 saturated heterocycles. The Morgan fingerprint density at radius 3 is 2.79 bits per heavy atom. The van der Waals surface area contributed by atoms with Crippen molar-refractivity contribution in [1.29, 1.82) is 0 Å². The van der Waals surface area contributed by atoms with Crippen molar-refractivity contribution in [3.05, 3.63) is 56.4 Å². The molecule has 0 radical (unpaired) electrons. The second-order valence-corrected chi connectivity index (χ2v) is 10.4. The van der Waals surface area contributed by atoms with Crippen LogP contribution < -0.4 is 5.56 Å². The first-order valence-corrected chi connectivity index (χ1v) is 12.9. The fourth-order valence-corrected chi connectivity index (χ4v) is 6.21. The average molecular weight is 490 g/mol. The lowest BCUT2D eigenvalue weighted by Gasteiger charge is -2.19. The van der Waals surface area contributed by atoms with Crippen molar-refractivity contribution in [2.45, 2.75) is 57.5 Å². The van der Waals surface area contributed by atoms with E-state index in [0.29, 0.717) is 30.2 Å². The van der Waals surface area contributed by atoms with Crippen LogP contribution in [0.2, 0.25) is 0 Å².